The van der Waals surface area contributed by atoms with Crippen LogP contribution in [-0.4, -0.2) is 24.2 Å². The lowest BCUT2D eigenvalue weighted by molar-refractivity contribution is -0.135. The van der Waals surface area contributed by atoms with Crippen molar-refractivity contribution in [2.45, 2.75) is 38.5 Å². The molecule has 0 heterocycles. The fourth-order valence-electron chi connectivity index (χ4n) is 2.49. The van der Waals surface area contributed by atoms with Crippen molar-refractivity contribution in [1.82, 2.24) is 0 Å². The van der Waals surface area contributed by atoms with Gasteiger partial charge in [0.25, 0.3) is 0 Å². The summed E-state index contributed by atoms with van der Waals surface area (Å²) >= 11 is 3.25. The average molecular weight is 392 g/mol. The second-order valence-corrected chi connectivity index (χ2v) is 6.11. The molecule has 4 nitrogen and oxygen atoms in total. The molecular formula is C19H22BrNO3. The highest BCUT2D eigenvalue weighted by Crippen LogP contribution is 2.26. The summed E-state index contributed by atoms with van der Waals surface area (Å²) in [6.07, 6.45) is 4.61. The van der Waals surface area contributed by atoms with E-state index in [1.165, 1.54) is 7.11 Å². The number of halogens is 1. The molecule has 0 aliphatic rings. The molecule has 0 radical (unpaired) electrons. The summed E-state index contributed by atoms with van der Waals surface area (Å²) in [5.74, 6) is -0.447. The lowest BCUT2D eigenvalue weighted by Gasteiger charge is -2.15. The molecule has 24 heavy (non-hydrogen) atoms. The lowest BCUT2D eigenvalue weighted by atomic mass is 9.89. The first-order chi connectivity index (χ1) is 11.5. The SMILES string of the molecule is COC(=O)/C(C)=C/c1cccc(C(CCCCC#N)C(=O)CBr)c1. The van der Waals surface area contributed by atoms with E-state index >= 15 is 0 Å². The third kappa shape index (κ3) is 6.29. The number of benzene rings is 1. The van der Waals surface area contributed by atoms with Gasteiger partial charge in [-0.05, 0) is 37.0 Å². The summed E-state index contributed by atoms with van der Waals surface area (Å²) in [7, 11) is 1.35. The maximum absolute atomic E-state index is 12.3. The summed E-state index contributed by atoms with van der Waals surface area (Å²) in [4.78, 5) is 23.8. The largest absolute Gasteiger partial charge is 0.466 e. The van der Waals surface area contributed by atoms with Gasteiger partial charge >= 0.3 is 5.97 Å². The van der Waals surface area contributed by atoms with Crippen LogP contribution in [-0.2, 0) is 14.3 Å². The number of carbonyl (C=O) groups excluding carboxylic acids is 2. The monoisotopic (exact) mass is 391 g/mol. The zero-order chi connectivity index (χ0) is 17.9. The molecule has 0 spiro atoms. The molecule has 0 aromatic heterocycles. The molecule has 0 N–H and O–H groups in total. The highest BCUT2D eigenvalue weighted by Gasteiger charge is 2.19. The van der Waals surface area contributed by atoms with Crippen molar-refractivity contribution >= 4 is 33.8 Å². The first kappa shape index (κ1) is 20.1. The number of nitrogens with zero attached hydrogens (tertiary/aromatic N) is 1. The predicted molar refractivity (Wildman–Crippen MR) is 97.7 cm³/mol. The quantitative estimate of drug-likeness (QED) is 0.271. The Morgan fingerprint density at radius 2 is 2.12 bits per heavy atom. The van der Waals surface area contributed by atoms with Gasteiger partial charge in [0, 0.05) is 17.9 Å². The molecule has 5 heteroatoms. The zero-order valence-corrected chi connectivity index (χ0v) is 15.6. The Labute approximate surface area is 151 Å². The molecule has 128 valence electrons. The van der Waals surface area contributed by atoms with Crippen LogP contribution in [0.3, 0.4) is 0 Å². The third-order valence-electron chi connectivity index (χ3n) is 3.76. The molecule has 0 saturated heterocycles. The highest BCUT2D eigenvalue weighted by atomic mass is 79.9. The Morgan fingerprint density at radius 1 is 1.38 bits per heavy atom. The van der Waals surface area contributed by atoms with Gasteiger partial charge in [-0.1, -0.05) is 46.6 Å². The van der Waals surface area contributed by atoms with Crippen LogP contribution in [0.1, 0.15) is 49.7 Å². The summed E-state index contributed by atoms with van der Waals surface area (Å²) in [5.41, 5.74) is 2.30. The van der Waals surface area contributed by atoms with E-state index < -0.39 is 0 Å². The van der Waals surface area contributed by atoms with E-state index in [0.717, 1.165) is 30.4 Å². The number of nitriles is 1. The molecule has 1 rings (SSSR count). The number of carbonyl (C=O) groups is 2. The van der Waals surface area contributed by atoms with Gasteiger partial charge in [-0.25, -0.2) is 4.79 Å². The Kier molecular flexibility index (Phi) is 9.03. The molecule has 0 fully saturated rings. The Hall–Kier alpha value is -1.93. The van der Waals surface area contributed by atoms with Crippen LogP contribution < -0.4 is 0 Å². The standard InChI is InChI=1S/C19H22BrNO3/c1-14(19(23)24-2)11-15-7-6-8-16(12-15)17(18(22)13-20)9-4-3-5-10-21/h6-8,11-12,17H,3-5,9,13H2,1-2H3/b14-11+. The number of hydrogen-bond acceptors (Lipinski definition) is 4. The number of alkyl halides is 1. The van der Waals surface area contributed by atoms with Crippen LogP contribution in [0.15, 0.2) is 29.8 Å². The van der Waals surface area contributed by atoms with Crippen molar-refractivity contribution in [3.8, 4) is 6.07 Å². The van der Waals surface area contributed by atoms with Crippen molar-refractivity contribution in [3.63, 3.8) is 0 Å². The van der Waals surface area contributed by atoms with Gasteiger partial charge in [0.05, 0.1) is 18.5 Å². The fraction of sp³-hybridized carbons (Fsp3) is 0.421. The van der Waals surface area contributed by atoms with E-state index in [9.17, 15) is 9.59 Å². The van der Waals surface area contributed by atoms with Crippen LogP contribution in [0.2, 0.25) is 0 Å². The first-order valence-corrected chi connectivity index (χ1v) is 8.97. The highest BCUT2D eigenvalue weighted by molar-refractivity contribution is 9.09. The number of hydrogen-bond donors (Lipinski definition) is 0. The number of unbranched alkanes of at least 4 members (excludes halogenated alkanes) is 2. The number of ketones is 1. The number of methoxy groups -OCH3 is 1. The van der Waals surface area contributed by atoms with Crippen LogP contribution in [0, 0.1) is 11.3 Å². The van der Waals surface area contributed by atoms with Crippen molar-refractivity contribution < 1.29 is 14.3 Å². The molecule has 1 aromatic carbocycles. The number of ether oxygens (including phenoxy) is 1. The van der Waals surface area contributed by atoms with Gasteiger partial charge in [0.2, 0.25) is 0 Å². The maximum Gasteiger partial charge on any atom is 0.333 e. The molecule has 1 unspecified atom stereocenters. The summed E-state index contributed by atoms with van der Waals surface area (Å²) in [6.45, 7) is 1.70. The van der Waals surface area contributed by atoms with Gasteiger partial charge in [-0.3, -0.25) is 4.79 Å². The normalized spacial score (nSPS) is 12.3. The van der Waals surface area contributed by atoms with Crippen molar-refractivity contribution in [2.75, 3.05) is 12.4 Å². The molecule has 0 aliphatic carbocycles. The number of esters is 1. The van der Waals surface area contributed by atoms with Gasteiger partial charge in [-0.2, -0.15) is 5.26 Å². The molecule has 0 saturated carbocycles. The molecule has 0 bridgehead atoms. The van der Waals surface area contributed by atoms with Crippen LogP contribution >= 0.6 is 15.9 Å². The molecular weight excluding hydrogens is 370 g/mol. The van der Waals surface area contributed by atoms with Gasteiger partial charge in [0.15, 0.2) is 5.78 Å². The van der Waals surface area contributed by atoms with E-state index in [2.05, 4.69) is 22.0 Å². The van der Waals surface area contributed by atoms with Crippen molar-refractivity contribution in [3.05, 3.63) is 41.0 Å². The lowest BCUT2D eigenvalue weighted by Crippen LogP contribution is -2.14. The predicted octanol–water partition coefficient (Wildman–Crippen LogP) is 4.39. The second-order valence-electron chi connectivity index (χ2n) is 5.55. The minimum atomic E-state index is -0.370. The van der Waals surface area contributed by atoms with E-state index in [-0.39, 0.29) is 17.7 Å². The molecule has 1 atom stereocenters. The van der Waals surface area contributed by atoms with E-state index in [1.807, 2.05) is 24.3 Å². The summed E-state index contributed by atoms with van der Waals surface area (Å²) in [6, 6.07) is 9.76. The average Bonchev–Trinajstić information content (AvgIpc) is 2.60. The van der Waals surface area contributed by atoms with Crippen molar-refractivity contribution in [2.24, 2.45) is 0 Å². The van der Waals surface area contributed by atoms with Crippen LogP contribution in [0.4, 0.5) is 0 Å². The maximum atomic E-state index is 12.3. The minimum absolute atomic E-state index is 0.123. The summed E-state index contributed by atoms with van der Waals surface area (Å²) in [5, 5.41) is 8.92. The topological polar surface area (TPSA) is 67.2 Å². The fourth-order valence-corrected chi connectivity index (χ4v) is 2.89. The van der Waals surface area contributed by atoms with Gasteiger partial charge in [0.1, 0.15) is 0 Å². The zero-order valence-electron chi connectivity index (χ0n) is 14.0. The molecule has 0 aliphatic heterocycles. The van der Waals surface area contributed by atoms with Crippen LogP contribution in [0.25, 0.3) is 6.08 Å². The Balaban J connectivity index is 2.98. The first-order valence-electron chi connectivity index (χ1n) is 7.85. The number of rotatable bonds is 9. The second kappa shape index (κ2) is 10.8. The molecule has 0 amide bonds. The summed E-state index contributed by atoms with van der Waals surface area (Å²) < 4.78 is 4.70. The third-order valence-corrected chi connectivity index (χ3v) is 4.31. The van der Waals surface area contributed by atoms with E-state index in [0.29, 0.717) is 17.3 Å². The van der Waals surface area contributed by atoms with Gasteiger partial charge in [-0.15, -0.1) is 0 Å². The van der Waals surface area contributed by atoms with Gasteiger partial charge < -0.3 is 4.74 Å². The molecule has 1 aromatic rings. The Morgan fingerprint density at radius 3 is 2.75 bits per heavy atom. The smallest absolute Gasteiger partial charge is 0.333 e. The Bertz CT molecular complexity index is 646. The van der Waals surface area contributed by atoms with Crippen molar-refractivity contribution in [1.29, 1.82) is 5.26 Å². The van der Waals surface area contributed by atoms with E-state index in [4.69, 9.17) is 10.00 Å². The minimum Gasteiger partial charge on any atom is -0.466 e. The number of Topliss-reactive ketones (excluding diaryl/α,β-unsaturated/α-hetero) is 1. The van der Waals surface area contributed by atoms with E-state index in [1.54, 1.807) is 13.0 Å². The van der Waals surface area contributed by atoms with Crippen LogP contribution in [0.5, 0.6) is 0 Å².